The van der Waals surface area contributed by atoms with Crippen molar-refractivity contribution >= 4 is 0 Å². The lowest BCUT2D eigenvalue weighted by atomic mass is 10.0. The van der Waals surface area contributed by atoms with Crippen molar-refractivity contribution in [2.24, 2.45) is 5.92 Å². The molecule has 1 aliphatic heterocycles. The Morgan fingerprint density at radius 3 is 3.00 bits per heavy atom. The average Bonchev–Trinajstić information content (AvgIpc) is 2.04. The molecule has 2 unspecified atom stereocenters. The van der Waals surface area contributed by atoms with Gasteiger partial charge in [-0.3, -0.25) is 0 Å². The molecule has 0 aliphatic carbocycles. The van der Waals surface area contributed by atoms with E-state index in [1.807, 2.05) is 0 Å². The number of piperidine rings is 1. The Morgan fingerprint density at radius 1 is 1.62 bits per heavy atom. The van der Waals surface area contributed by atoms with Crippen LogP contribution in [-0.4, -0.2) is 49.5 Å². The Hall–Kier alpha value is -0.120. The van der Waals surface area contributed by atoms with E-state index in [0.717, 1.165) is 25.6 Å². The predicted molar refractivity (Wildman–Crippen MR) is 52.7 cm³/mol. The molecule has 1 rings (SSSR count). The summed E-state index contributed by atoms with van der Waals surface area (Å²) in [5.74, 6) is 0.781. The minimum absolute atomic E-state index is 0.324. The quantitative estimate of drug-likeness (QED) is 0.704. The summed E-state index contributed by atoms with van der Waals surface area (Å²) in [6, 6.07) is 0. The van der Waals surface area contributed by atoms with Gasteiger partial charge < -0.3 is 14.7 Å². The van der Waals surface area contributed by atoms with Crippen LogP contribution in [0.3, 0.4) is 0 Å². The number of β-amino-alcohol motifs (C(OH)–C–C–N with tert-alkyl or cyclic N) is 1. The van der Waals surface area contributed by atoms with Crippen LogP contribution in [0.15, 0.2) is 0 Å². The topological polar surface area (TPSA) is 32.7 Å². The van der Waals surface area contributed by atoms with Gasteiger partial charge >= 0.3 is 0 Å². The van der Waals surface area contributed by atoms with E-state index in [9.17, 15) is 5.11 Å². The molecule has 1 saturated heterocycles. The van der Waals surface area contributed by atoms with Gasteiger partial charge in [0.1, 0.15) is 0 Å². The van der Waals surface area contributed by atoms with Gasteiger partial charge in [0.2, 0.25) is 0 Å². The number of likely N-dealkylation sites (tertiary alicyclic amines) is 1. The largest absolute Gasteiger partial charge is 0.389 e. The Morgan fingerprint density at radius 2 is 2.38 bits per heavy atom. The standard InChI is InChI=1S/C10H21NO2/c1-9-4-3-5-11(6-9)7-10(12)8-13-2/h9-10,12H,3-8H2,1-2H3. The first-order chi connectivity index (χ1) is 6.22. The van der Waals surface area contributed by atoms with Crippen LogP contribution < -0.4 is 0 Å². The first kappa shape index (κ1) is 11.0. The summed E-state index contributed by atoms with van der Waals surface area (Å²) in [5, 5.41) is 9.52. The third-order valence-corrected chi connectivity index (χ3v) is 2.57. The molecule has 2 atom stereocenters. The number of aliphatic hydroxyl groups excluding tert-OH is 1. The molecular formula is C10H21NO2. The average molecular weight is 187 g/mol. The van der Waals surface area contributed by atoms with Crippen LogP contribution in [0, 0.1) is 5.92 Å². The van der Waals surface area contributed by atoms with Gasteiger partial charge in [-0.1, -0.05) is 6.92 Å². The zero-order valence-electron chi connectivity index (χ0n) is 8.70. The fraction of sp³-hybridized carbons (Fsp3) is 1.00. The van der Waals surface area contributed by atoms with Crippen molar-refractivity contribution in [2.75, 3.05) is 33.4 Å². The smallest absolute Gasteiger partial charge is 0.0900 e. The van der Waals surface area contributed by atoms with Crippen molar-refractivity contribution in [1.29, 1.82) is 0 Å². The molecule has 78 valence electrons. The van der Waals surface area contributed by atoms with E-state index in [1.165, 1.54) is 12.8 Å². The highest BCUT2D eigenvalue weighted by Crippen LogP contribution is 2.15. The Labute approximate surface area is 80.7 Å². The molecule has 3 nitrogen and oxygen atoms in total. The Bertz CT molecular complexity index is 141. The number of nitrogens with zero attached hydrogens (tertiary/aromatic N) is 1. The minimum atomic E-state index is -0.324. The molecule has 1 aliphatic rings. The first-order valence-electron chi connectivity index (χ1n) is 5.11. The summed E-state index contributed by atoms with van der Waals surface area (Å²) in [6.07, 6.45) is 2.27. The number of ether oxygens (including phenoxy) is 1. The summed E-state index contributed by atoms with van der Waals surface area (Å²) in [7, 11) is 1.63. The van der Waals surface area contributed by atoms with Crippen LogP contribution in [0.25, 0.3) is 0 Å². The van der Waals surface area contributed by atoms with Crippen molar-refractivity contribution in [3.05, 3.63) is 0 Å². The zero-order valence-corrected chi connectivity index (χ0v) is 8.70. The molecule has 0 aromatic heterocycles. The first-order valence-corrected chi connectivity index (χ1v) is 5.11. The maximum atomic E-state index is 9.52. The monoisotopic (exact) mass is 187 g/mol. The Balaban J connectivity index is 2.19. The van der Waals surface area contributed by atoms with Crippen molar-refractivity contribution in [2.45, 2.75) is 25.9 Å². The summed E-state index contributed by atoms with van der Waals surface area (Å²) in [6.45, 7) is 5.74. The van der Waals surface area contributed by atoms with Gasteiger partial charge in [0, 0.05) is 20.2 Å². The number of aliphatic hydroxyl groups is 1. The fourth-order valence-electron chi connectivity index (χ4n) is 2.00. The molecule has 1 heterocycles. The highest BCUT2D eigenvalue weighted by atomic mass is 16.5. The lowest BCUT2D eigenvalue weighted by molar-refractivity contribution is 0.0282. The lowest BCUT2D eigenvalue weighted by Crippen LogP contribution is -2.40. The van der Waals surface area contributed by atoms with E-state index in [-0.39, 0.29) is 6.10 Å². The number of methoxy groups -OCH3 is 1. The molecule has 3 heteroatoms. The maximum absolute atomic E-state index is 9.52. The normalized spacial score (nSPS) is 27.5. The Kier molecular flexibility index (Phi) is 4.70. The second-order valence-electron chi connectivity index (χ2n) is 4.12. The third-order valence-electron chi connectivity index (χ3n) is 2.57. The van der Waals surface area contributed by atoms with Gasteiger partial charge in [-0.05, 0) is 25.3 Å². The fourth-order valence-corrected chi connectivity index (χ4v) is 2.00. The number of hydrogen-bond donors (Lipinski definition) is 1. The van der Waals surface area contributed by atoms with Crippen molar-refractivity contribution in [3.63, 3.8) is 0 Å². The zero-order chi connectivity index (χ0) is 9.68. The van der Waals surface area contributed by atoms with Gasteiger partial charge in [0.05, 0.1) is 12.7 Å². The van der Waals surface area contributed by atoms with E-state index in [0.29, 0.717) is 6.61 Å². The van der Waals surface area contributed by atoms with E-state index >= 15 is 0 Å². The summed E-state index contributed by atoms with van der Waals surface area (Å²) >= 11 is 0. The van der Waals surface area contributed by atoms with Crippen LogP contribution in [0.1, 0.15) is 19.8 Å². The van der Waals surface area contributed by atoms with E-state index in [4.69, 9.17) is 4.74 Å². The van der Waals surface area contributed by atoms with Crippen LogP contribution in [0.4, 0.5) is 0 Å². The molecule has 0 radical (unpaired) electrons. The van der Waals surface area contributed by atoms with E-state index in [2.05, 4.69) is 11.8 Å². The van der Waals surface area contributed by atoms with Gasteiger partial charge in [-0.25, -0.2) is 0 Å². The predicted octanol–water partition coefficient (Wildman–Crippen LogP) is 0.726. The highest BCUT2D eigenvalue weighted by Gasteiger charge is 2.18. The molecule has 13 heavy (non-hydrogen) atoms. The summed E-state index contributed by atoms with van der Waals surface area (Å²) < 4.78 is 4.90. The second kappa shape index (κ2) is 5.58. The van der Waals surface area contributed by atoms with Gasteiger partial charge in [0.15, 0.2) is 0 Å². The highest BCUT2D eigenvalue weighted by molar-refractivity contribution is 4.72. The van der Waals surface area contributed by atoms with Crippen molar-refractivity contribution < 1.29 is 9.84 Å². The molecule has 0 spiro atoms. The van der Waals surface area contributed by atoms with E-state index < -0.39 is 0 Å². The van der Waals surface area contributed by atoms with Crippen LogP contribution in [-0.2, 0) is 4.74 Å². The SMILES string of the molecule is COCC(O)CN1CCCC(C)C1. The van der Waals surface area contributed by atoms with E-state index in [1.54, 1.807) is 7.11 Å². The third kappa shape index (κ3) is 4.07. The number of rotatable bonds is 4. The van der Waals surface area contributed by atoms with Crippen LogP contribution in [0.5, 0.6) is 0 Å². The summed E-state index contributed by atoms with van der Waals surface area (Å²) in [5.41, 5.74) is 0. The molecule has 1 N–H and O–H groups in total. The second-order valence-corrected chi connectivity index (χ2v) is 4.12. The maximum Gasteiger partial charge on any atom is 0.0900 e. The molecule has 0 amide bonds. The molecule has 0 aromatic carbocycles. The molecular weight excluding hydrogens is 166 g/mol. The lowest BCUT2D eigenvalue weighted by Gasteiger charge is -2.32. The molecule has 0 saturated carbocycles. The molecule has 0 aromatic rings. The molecule has 0 bridgehead atoms. The van der Waals surface area contributed by atoms with Gasteiger partial charge in [0.25, 0.3) is 0 Å². The van der Waals surface area contributed by atoms with Gasteiger partial charge in [-0.15, -0.1) is 0 Å². The van der Waals surface area contributed by atoms with Crippen LogP contribution in [0.2, 0.25) is 0 Å². The van der Waals surface area contributed by atoms with Crippen molar-refractivity contribution in [1.82, 2.24) is 4.90 Å². The number of hydrogen-bond acceptors (Lipinski definition) is 3. The van der Waals surface area contributed by atoms with Crippen LogP contribution >= 0.6 is 0 Å². The van der Waals surface area contributed by atoms with Gasteiger partial charge in [-0.2, -0.15) is 0 Å². The minimum Gasteiger partial charge on any atom is -0.389 e. The molecule has 1 fully saturated rings. The van der Waals surface area contributed by atoms with Crippen molar-refractivity contribution in [3.8, 4) is 0 Å². The summed E-state index contributed by atoms with van der Waals surface area (Å²) in [4.78, 5) is 2.33.